The molecule has 0 spiro atoms. The molecule has 1 unspecified atom stereocenters. The number of anilines is 1. The van der Waals surface area contributed by atoms with E-state index in [1.54, 1.807) is 33.2 Å². The maximum absolute atomic E-state index is 12.0. The van der Waals surface area contributed by atoms with Gasteiger partial charge in [0.25, 0.3) is 5.91 Å². The lowest BCUT2D eigenvalue weighted by Crippen LogP contribution is -2.44. The van der Waals surface area contributed by atoms with E-state index in [0.717, 1.165) is 0 Å². The molecular formula is C13H19N3O3. The van der Waals surface area contributed by atoms with Crippen molar-refractivity contribution in [2.45, 2.75) is 13.0 Å². The van der Waals surface area contributed by atoms with Crippen molar-refractivity contribution in [3.8, 4) is 5.75 Å². The molecule has 1 aromatic carbocycles. The van der Waals surface area contributed by atoms with Gasteiger partial charge < -0.3 is 20.7 Å². The first-order valence-corrected chi connectivity index (χ1v) is 5.82. The van der Waals surface area contributed by atoms with Crippen LogP contribution in [0.3, 0.4) is 0 Å². The molecule has 0 aliphatic rings. The van der Waals surface area contributed by atoms with Crippen molar-refractivity contribution in [1.29, 1.82) is 0 Å². The van der Waals surface area contributed by atoms with Gasteiger partial charge in [0, 0.05) is 19.7 Å². The quantitative estimate of drug-likeness (QED) is 0.776. The summed E-state index contributed by atoms with van der Waals surface area (Å²) in [5, 5.41) is 2.62. The maximum Gasteiger partial charge on any atom is 0.251 e. The van der Waals surface area contributed by atoms with Crippen LogP contribution in [0.15, 0.2) is 18.2 Å². The number of amides is 2. The topological polar surface area (TPSA) is 84.7 Å². The highest BCUT2D eigenvalue weighted by Crippen LogP contribution is 2.21. The summed E-state index contributed by atoms with van der Waals surface area (Å²) in [6, 6.07) is 4.13. The number of nitrogen functional groups attached to an aromatic ring is 1. The zero-order valence-corrected chi connectivity index (χ0v) is 11.6. The van der Waals surface area contributed by atoms with E-state index in [2.05, 4.69) is 5.32 Å². The molecule has 6 heteroatoms. The molecule has 0 saturated carbocycles. The molecule has 104 valence electrons. The second kappa shape index (κ2) is 6.08. The van der Waals surface area contributed by atoms with E-state index in [4.69, 9.17) is 10.5 Å². The van der Waals surface area contributed by atoms with Gasteiger partial charge in [-0.1, -0.05) is 0 Å². The first-order valence-electron chi connectivity index (χ1n) is 5.82. The van der Waals surface area contributed by atoms with Crippen LogP contribution in [0.25, 0.3) is 0 Å². The fourth-order valence-electron chi connectivity index (χ4n) is 1.60. The molecule has 0 fully saturated rings. The highest BCUT2D eigenvalue weighted by molar-refractivity contribution is 5.98. The molecule has 0 bridgehead atoms. The molecule has 19 heavy (non-hydrogen) atoms. The van der Waals surface area contributed by atoms with Gasteiger partial charge in [0.05, 0.1) is 12.8 Å². The third kappa shape index (κ3) is 3.61. The van der Waals surface area contributed by atoms with Crippen molar-refractivity contribution < 1.29 is 14.3 Å². The van der Waals surface area contributed by atoms with Gasteiger partial charge in [-0.05, 0) is 25.1 Å². The number of nitrogens with one attached hydrogen (secondary N) is 1. The Bertz CT molecular complexity index is 486. The molecule has 0 radical (unpaired) electrons. The number of ether oxygens (including phenoxy) is 1. The van der Waals surface area contributed by atoms with E-state index in [1.165, 1.54) is 18.1 Å². The van der Waals surface area contributed by atoms with Crippen LogP contribution in [-0.4, -0.2) is 44.0 Å². The molecule has 0 aromatic heterocycles. The van der Waals surface area contributed by atoms with E-state index in [1.807, 2.05) is 0 Å². The van der Waals surface area contributed by atoms with Crippen molar-refractivity contribution in [3.63, 3.8) is 0 Å². The van der Waals surface area contributed by atoms with E-state index >= 15 is 0 Å². The van der Waals surface area contributed by atoms with Crippen molar-refractivity contribution >= 4 is 17.5 Å². The monoisotopic (exact) mass is 265 g/mol. The number of nitrogens with two attached hydrogens (primary N) is 1. The number of hydrogen-bond donors (Lipinski definition) is 2. The Labute approximate surface area is 112 Å². The van der Waals surface area contributed by atoms with Gasteiger partial charge in [-0.3, -0.25) is 9.59 Å². The van der Waals surface area contributed by atoms with Crippen LogP contribution in [0.2, 0.25) is 0 Å². The second-order valence-electron chi connectivity index (χ2n) is 4.38. The number of methoxy groups -OCH3 is 1. The molecule has 0 saturated heterocycles. The maximum atomic E-state index is 12.0. The van der Waals surface area contributed by atoms with Gasteiger partial charge in [0.15, 0.2) is 0 Å². The lowest BCUT2D eigenvalue weighted by molar-refractivity contribution is -0.130. The van der Waals surface area contributed by atoms with Crippen molar-refractivity contribution in [2.24, 2.45) is 0 Å². The number of hydrogen-bond acceptors (Lipinski definition) is 4. The molecular weight excluding hydrogens is 246 g/mol. The molecule has 1 rings (SSSR count). The summed E-state index contributed by atoms with van der Waals surface area (Å²) >= 11 is 0. The summed E-state index contributed by atoms with van der Waals surface area (Å²) in [4.78, 5) is 25.0. The molecule has 0 aliphatic carbocycles. The third-order valence-electron chi connectivity index (χ3n) is 2.65. The van der Waals surface area contributed by atoms with Crippen molar-refractivity contribution in [1.82, 2.24) is 10.2 Å². The Balaban J connectivity index is 2.79. The number of carbonyl (C=O) groups excluding carboxylic acids is 2. The summed E-state index contributed by atoms with van der Waals surface area (Å²) in [7, 11) is 4.77. The fourth-order valence-corrected chi connectivity index (χ4v) is 1.60. The minimum absolute atomic E-state index is 0.171. The summed E-state index contributed by atoms with van der Waals surface area (Å²) < 4.78 is 5.01. The largest absolute Gasteiger partial charge is 0.495 e. The zero-order chi connectivity index (χ0) is 14.6. The van der Waals surface area contributed by atoms with Gasteiger partial charge >= 0.3 is 0 Å². The number of likely N-dealkylation sites (N-methyl/N-ethyl adjacent to an activating group) is 1. The van der Waals surface area contributed by atoms with Gasteiger partial charge in [-0.25, -0.2) is 0 Å². The zero-order valence-electron chi connectivity index (χ0n) is 11.6. The lowest BCUT2D eigenvalue weighted by Gasteiger charge is -2.18. The second-order valence-corrected chi connectivity index (χ2v) is 4.38. The SMILES string of the molecule is COc1ccc(C(=O)NC(C)C(=O)N(C)C)cc1N. The third-order valence-corrected chi connectivity index (χ3v) is 2.65. The Morgan fingerprint density at radius 2 is 2.00 bits per heavy atom. The van der Waals surface area contributed by atoms with Crippen LogP contribution >= 0.6 is 0 Å². The summed E-state index contributed by atoms with van der Waals surface area (Å²) in [6.45, 7) is 1.63. The van der Waals surface area contributed by atoms with Gasteiger partial charge in [-0.15, -0.1) is 0 Å². The minimum atomic E-state index is -0.592. The van der Waals surface area contributed by atoms with E-state index in [0.29, 0.717) is 17.0 Å². The number of nitrogens with zero attached hydrogens (tertiary/aromatic N) is 1. The van der Waals surface area contributed by atoms with Crippen LogP contribution in [0.4, 0.5) is 5.69 Å². The van der Waals surface area contributed by atoms with Gasteiger partial charge in [0.2, 0.25) is 5.91 Å². The molecule has 2 amide bonds. The minimum Gasteiger partial charge on any atom is -0.495 e. The van der Waals surface area contributed by atoms with Gasteiger partial charge in [0.1, 0.15) is 11.8 Å². The molecule has 1 atom stereocenters. The number of rotatable bonds is 4. The Hall–Kier alpha value is -2.24. The van der Waals surface area contributed by atoms with E-state index in [9.17, 15) is 9.59 Å². The van der Waals surface area contributed by atoms with Crippen molar-refractivity contribution in [2.75, 3.05) is 26.9 Å². The Morgan fingerprint density at radius 3 is 2.47 bits per heavy atom. The predicted molar refractivity (Wildman–Crippen MR) is 73.0 cm³/mol. The normalized spacial score (nSPS) is 11.6. The van der Waals surface area contributed by atoms with Gasteiger partial charge in [-0.2, -0.15) is 0 Å². The molecule has 3 N–H and O–H groups in total. The summed E-state index contributed by atoms with van der Waals surface area (Å²) in [6.07, 6.45) is 0. The first kappa shape index (κ1) is 14.8. The van der Waals surface area contributed by atoms with Crippen LogP contribution in [0.1, 0.15) is 17.3 Å². The first-order chi connectivity index (χ1) is 8.86. The van der Waals surface area contributed by atoms with Crippen molar-refractivity contribution in [3.05, 3.63) is 23.8 Å². The fraction of sp³-hybridized carbons (Fsp3) is 0.385. The number of carbonyl (C=O) groups is 2. The predicted octanol–water partition coefficient (Wildman–Crippen LogP) is 0.484. The van der Waals surface area contributed by atoms with Crippen LogP contribution in [-0.2, 0) is 4.79 Å². The molecule has 0 heterocycles. The average molecular weight is 265 g/mol. The highest BCUT2D eigenvalue weighted by atomic mass is 16.5. The standard InChI is InChI=1S/C13H19N3O3/c1-8(13(18)16(2)3)15-12(17)9-5-6-11(19-4)10(14)7-9/h5-8H,14H2,1-4H3,(H,15,17). The van der Waals surface area contributed by atoms with E-state index < -0.39 is 6.04 Å². The van der Waals surface area contributed by atoms with Crippen LogP contribution in [0, 0.1) is 0 Å². The Morgan fingerprint density at radius 1 is 1.37 bits per heavy atom. The lowest BCUT2D eigenvalue weighted by atomic mass is 10.1. The molecule has 6 nitrogen and oxygen atoms in total. The smallest absolute Gasteiger partial charge is 0.251 e. The van der Waals surface area contributed by atoms with E-state index in [-0.39, 0.29) is 11.8 Å². The highest BCUT2D eigenvalue weighted by Gasteiger charge is 2.18. The average Bonchev–Trinajstić information content (AvgIpc) is 2.37. The van der Waals surface area contributed by atoms with Crippen LogP contribution in [0.5, 0.6) is 5.75 Å². The molecule has 1 aromatic rings. The summed E-state index contributed by atoms with van der Waals surface area (Å²) in [5.41, 5.74) is 6.49. The Kier molecular flexibility index (Phi) is 4.74. The summed E-state index contributed by atoms with van der Waals surface area (Å²) in [5.74, 6) is -0.0131. The number of benzene rings is 1. The van der Waals surface area contributed by atoms with Crippen LogP contribution < -0.4 is 15.8 Å². The molecule has 0 aliphatic heterocycles.